The quantitative estimate of drug-likeness (QED) is 0.604. The normalized spacial score (nSPS) is 16.4. The average molecular weight is 348 g/mol. The molecule has 100 valence electrons. The van der Waals surface area contributed by atoms with Crippen molar-refractivity contribution in [1.29, 1.82) is 0 Å². The highest BCUT2D eigenvalue weighted by Crippen LogP contribution is 2.25. The third-order valence-corrected chi connectivity index (χ3v) is 4.50. The monoisotopic (exact) mass is 347 g/mol. The number of aliphatic imine (C=N–C) groups is 1. The van der Waals surface area contributed by atoms with Crippen LogP contribution < -0.4 is 0 Å². The molecule has 2 aromatic rings. The summed E-state index contributed by atoms with van der Waals surface area (Å²) in [7, 11) is 0. The van der Waals surface area contributed by atoms with Crippen LogP contribution in [0.2, 0.25) is 0 Å². The number of ether oxygens (including phenoxy) is 1. The minimum absolute atomic E-state index is 0.331. The molecule has 0 spiro atoms. The van der Waals surface area contributed by atoms with Crippen molar-refractivity contribution in [2.45, 2.75) is 6.92 Å². The topological polar surface area (TPSA) is 38.7 Å². The van der Waals surface area contributed by atoms with Gasteiger partial charge in [-0.3, -0.25) is 0 Å². The number of cyclic esters (lactones) is 1. The summed E-state index contributed by atoms with van der Waals surface area (Å²) in [6, 6.07) is 9.63. The summed E-state index contributed by atoms with van der Waals surface area (Å²) >= 11 is 4.92. The van der Waals surface area contributed by atoms with Crippen molar-refractivity contribution in [3.05, 3.63) is 61.9 Å². The number of rotatable bonds is 2. The maximum absolute atomic E-state index is 11.9. The summed E-state index contributed by atoms with van der Waals surface area (Å²) in [5.74, 6) is -0.0391. The Morgan fingerprint density at radius 1 is 1.35 bits per heavy atom. The number of aryl methyl sites for hydroxylation is 1. The van der Waals surface area contributed by atoms with Gasteiger partial charge >= 0.3 is 5.97 Å². The fraction of sp³-hybridized carbons (Fsp3) is 0.0667. The maximum atomic E-state index is 11.9. The van der Waals surface area contributed by atoms with Crippen molar-refractivity contribution in [3.8, 4) is 0 Å². The van der Waals surface area contributed by atoms with Crippen LogP contribution in [0.5, 0.6) is 0 Å². The summed E-state index contributed by atoms with van der Waals surface area (Å²) < 4.78 is 6.25. The fourth-order valence-electron chi connectivity index (χ4n) is 1.88. The van der Waals surface area contributed by atoms with E-state index < -0.39 is 5.97 Å². The third kappa shape index (κ3) is 2.59. The van der Waals surface area contributed by atoms with Gasteiger partial charge in [0.1, 0.15) is 0 Å². The molecule has 20 heavy (non-hydrogen) atoms. The van der Waals surface area contributed by atoms with Gasteiger partial charge in [-0.05, 0) is 46.6 Å². The van der Waals surface area contributed by atoms with Gasteiger partial charge in [-0.2, -0.15) is 0 Å². The van der Waals surface area contributed by atoms with E-state index in [2.05, 4.69) is 20.9 Å². The van der Waals surface area contributed by atoms with E-state index in [1.54, 1.807) is 6.08 Å². The minimum atomic E-state index is -0.409. The molecule has 0 aliphatic carbocycles. The molecule has 3 nitrogen and oxygen atoms in total. The van der Waals surface area contributed by atoms with Crippen molar-refractivity contribution in [3.63, 3.8) is 0 Å². The summed E-state index contributed by atoms with van der Waals surface area (Å²) in [5.41, 5.74) is 2.20. The summed E-state index contributed by atoms with van der Waals surface area (Å²) in [5, 5.41) is 1.96. The number of hydrogen-bond donors (Lipinski definition) is 0. The van der Waals surface area contributed by atoms with Gasteiger partial charge in [0.2, 0.25) is 5.90 Å². The lowest BCUT2D eigenvalue weighted by Crippen LogP contribution is -2.06. The van der Waals surface area contributed by atoms with Crippen molar-refractivity contribution in [2.24, 2.45) is 4.99 Å². The van der Waals surface area contributed by atoms with E-state index in [1.165, 1.54) is 11.3 Å². The fourth-order valence-corrected chi connectivity index (χ4v) is 3.25. The Balaban J connectivity index is 1.97. The zero-order valence-corrected chi connectivity index (χ0v) is 13.0. The average Bonchev–Trinajstić information content (AvgIpc) is 2.98. The van der Waals surface area contributed by atoms with E-state index in [0.29, 0.717) is 11.6 Å². The number of hydrogen-bond acceptors (Lipinski definition) is 4. The Morgan fingerprint density at radius 3 is 2.85 bits per heavy atom. The van der Waals surface area contributed by atoms with E-state index >= 15 is 0 Å². The molecule has 5 heteroatoms. The summed E-state index contributed by atoms with van der Waals surface area (Å²) in [6.07, 6.45) is 1.74. The summed E-state index contributed by atoms with van der Waals surface area (Å²) in [4.78, 5) is 17.1. The molecule has 1 aromatic carbocycles. The molecule has 0 N–H and O–H groups in total. The van der Waals surface area contributed by atoms with Crippen molar-refractivity contribution in [2.75, 3.05) is 0 Å². The molecule has 0 bridgehead atoms. The lowest BCUT2D eigenvalue weighted by molar-refractivity contribution is -0.129. The molecular weight excluding hydrogens is 338 g/mol. The van der Waals surface area contributed by atoms with Gasteiger partial charge in [0.25, 0.3) is 0 Å². The second-order valence-corrected chi connectivity index (χ2v) is 6.18. The highest BCUT2D eigenvalue weighted by Gasteiger charge is 2.25. The van der Waals surface area contributed by atoms with Crippen LogP contribution in [0.1, 0.15) is 16.0 Å². The molecule has 0 saturated heterocycles. The number of thiophene rings is 1. The van der Waals surface area contributed by atoms with Crippen LogP contribution in [-0.2, 0) is 9.53 Å². The lowest BCUT2D eigenvalue weighted by Gasteiger charge is -2.02. The predicted molar refractivity (Wildman–Crippen MR) is 83.8 cm³/mol. The Hall–Kier alpha value is -1.72. The molecule has 1 aromatic heterocycles. The van der Waals surface area contributed by atoms with Gasteiger partial charge in [0, 0.05) is 20.3 Å². The highest BCUT2D eigenvalue weighted by molar-refractivity contribution is 9.10. The zero-order valence-electron chi connectivity index (χ0n) is 10.6. The lowest BCUT2D eigenvalue weighted by atomic mass is 10.1. The van der Waals surface area contributed by atoms with Crippen LogP contribution in [-0.4, -0.2) is 11.9 Å². The molecule has 0 fully saturated rings. The molecule has 0 radical (unpaired) electrons. The van der Waals surface area contributed by atoms with E-state index in [4.69, 9.17) is 4.74 Å². The smallest absolute Gasteiger partial charge is 0.363 e. The molecule has 3 rings (SSSR count). The van der Waals surface area contributed by atoms with Crippen LogP contribution in [0, 0.1) is 6.92 Å². The largest absolute Gasteiger partial charge is 0.402 e. The van der Waals surface area contributed by atoms with Gasteiger partial charge < -0.3 is 4.74 Å². The van der Waals surface area contributed by atoms with Crippen LogP contribution in [0.25, 0.3) is 6.08 Å². The Bertz CT molecular complexity index is 746. The first kappa shape index (κ1) is 13.3. The van der Waals surface area contributed by atoms with Gasteiger partial charge in [0.05, 0.1) is 0 Å². The second-order valence-electron chi connectivity index (χ2n) is 4.32. The first-order chi connectivity index (χ1) is 9.63. The highest BCUT2D eigenvalue weighted by atomic mass is 79.9. The number of halogens is 1. The van der Waals surface area contributed by atoms with Gasteiger partial charge in [-0.1, -0.05) is 18.2 Å². The Kier molecular flexibility index (Phi) is 3.54. The SMILES string of the molecule is Cc1ccccc1C1=NC(=Cc2cc(Br)cs2)C(=O)O1. The molecule has 1 aliphatic heterocycles. The van der Waals surface area contributed by atoms with Crippen LogP contribution in [0.4, 0.5) is 0 Å². The van der Waals surface area contributed by atoms with Crippen molar-refractivity contribution >= 4 is 45.2 Å². The first-order valence-electron chi connectivity index (χ1n) is 5.96. The molecular formula is C15H10BrNO2S. The van der Waals surface area contributed by atoms with Crippen molar-refractivity contribution in [1.82, 2.24) is 0 Å². The van der Waals surface area contributed by atoms with Gasteiger partial charge in [-0.25, -0.2) is 9.79 Å². The third-order valence-electron chi connectivity index (χ3n) is 2.86. The second kappa shape index (κ2) is 5.34. The first-order valence-corrected chi connectivity index (χ1v) is 7.63. The summed E-state index contributed by atoms with van der Waals surface area (Å²) in [6.45, 7) is 1.96. The molecule has 0 unspecified atom stereocenters. The zero-order chi connectivity index (χ0) is 14.1. The number of esters is 1. The van der Waals surface area contributed by atoms with E-state index in [-0.39, 0.29) is 0 Å². The minimum Gasteiger partial charge on any atom is -0.402 e. The predicted octanol–water partition coefficient (Wildman–Crippen LogP) is 4.16. The number of carbonyl (C=O) groups excluding carboxylic acids is 1. The molecule has 2 heterocycles. The molecule has 0 amide bonds. The molecule has 0 atom stereocenters. The number of nitrogens with zero attached hydrogens (tertiary/aromatic N) is 1. The number of benzene rings is 1. The standard InChI is InChI=1S/C15H10BrNO2S/c1-9-4-2-3-5-12(9)14-17-13(15(18)19-14)7-11-6-10(16)8-20-11/h2-8H,1H3. The van der Waals surface area contributed by atoms with E-state index in [1.807, 2.05) is 42.6 Å². The van der Waals surface area contributed by atoms with Crippen molar-refractivity contribution < 1.29 is 9.53 Å². The van der Waals surface area contributed by atoms with Crippen LogP contribution in [0.15, 0.2) is 50.9 Å². The van der Waals surface area contributed by atoms with Crippen LogP contribution in [0.3, 0.4) is 0 Å². The van der Waals surface area contributed by atoms with Crippen LogP contribution >= 0.6 is 27.3 Å². The van der Waals surface area contributed by atoms with E-state index in [9.17, 15) is 4.79 Å². The van der Waals surface area contributed by atoms with Gasteiger partial charge in [0.15, 0.2) is 5.70 Å². The molecule has 1 aliphatic rings. The maximum Gasteiger partial charge on any atom is 0.363 e. The number of carbonyl (C=O) groups is 1. The van der Waals surface area contributed by atoms with E-state index in [0.717, 1.165) is 20.5 Å². The Morgan fingerprint density at radius 2 is 2.15 bits per heavy atom. The Labute approximate surface area is 128 Å². The van der Waals surface area contributed by atoms with Gasteiger partial charge in [-0.15, -0.1) is 11.3 Å². The molecule has 0 saturated carbocycles.